The summed E-state index contributed by atoms with van der Waals surface area (Å²) in [5, 5.41) is 0.952. The van der Waals surface area contributed by atoms with Crippen LogP contribution in [0.5, 0.6) is 11.5 Å². The SMILES string of the molecule is Cc1ncc(Oc2c(C(C)C)cnc3c2ccn3C)c(N)n1. The minimum atomic E-state index is 0.277. The van der Waals surface area contributed by atoms with Crippen molar-refractivity contribution in [3.63, 3.8) is 0 Å². The molecule has 0 aliphatic rings. The summed E-state index contributed by atoms with van der Waals surface area (Å²) in [5.74, 6) is 2.46. The molecule has 0 saturated heterocycles. The molecule has 0 aliphatic carbocycles. The molecule has 6 heteroatoms. The number of aromatic nitrogens is 4. The maximum atomic E-state index is 6.08. The minimum absolute atomic E-state index is 0.277. The van der Waals surface area contributed by atoms with Gasteiger partial charge in [-0.2, -0.15) is 0 Å². The second kappa shape index (κ2) is 5.29. The van der Waals surface area contributed by atoms with Gasteiger partial charge in [-0.15, -0.1) is 0 Å². The molecule has 2 N–H and O–H groups in total. The monoisotopic (exact) mass is 297 g/mol. The van der Waals surface area contributed by atoms with Gasteiger partial charge in [-0.25, -0.2) is 15.0 Å². The third kappa shape index (κ3) is 2.36. The Morgan fingerprint density at radius 1 is 1.23 bits per heavy atom. The summed E-state index contributed by atoms with van der Waals surface area (Å²) in [5.41, 5.74) is 7.84. The van der Waals surface area contributed by atoms with E-state index in [4.69, 9.17) is 10.5 Å². The fourth-order valence-corrected chi connectivity index (χ4v) is 2.39. The number of anilines is 1. The lowest BCUT2D eigenvalue weighted by molar-refractivity contribution is 0.475. The first-order valence-corrected chi connectivity index (χ1v) is 7.18. The van der Waals surface area contributed by atoms with Crippen molar-refractivity contribution in [1.82, 2.24) is 19.5 Å². The normalized spacial score (nSPS) is 11.3. The molecule has 0 fully saturated rings. The lowest BCUT2D eigenvalue weighted by Gasteiger charge is -2.15. The van der Waals surface area contributed by atoms with Gasteiger partial charge in [0.25, 0.3) is 0 Å². The molecular weight excluding hydrogens is 278 g/mol. The molecule has 6 nitrogen and oxygen atoms in total. The summed E-state index contributed by atoms with van der Waals surface area (Å²) < 4.78 is 8.04. The quantitative estimate of drug-likeness (QED) is 0.803. The molecule has 0 unspecified atom stereocenters. The van der Waals surface area contributed by atoms with Crippen LogP contribution in [0.4, 0.5) is 5.82 Å². The number of ether oxygens (including phenoxy) is 1. The summed E-state index contributed by atoms with van der Waals surface area (Å²) in [6.45, 7) is 6.00. The Morgan fingerprint density at radius 2 is 2.00 bits per heavy atom. The molecule has 3 heterocycles. The fraction of sp³-hybridized carbons (Fsp3) is 0.312. The van der Waals surface area contributed by atoms with Crippen LogP contribution in [0.2, 0.25) is 0 Å². The van der Waals surface area contributed by atoms with Gasteiger partial charge in [-0.3, -0.25) is 0 Å². The van der Waals surface area contributed by atoms with Gasteiger partial charge in [-0.1, -0.05) is 13.8 Å². The molecule has 0 radical (unpaired) electrons. The third-order valence-electron chi connectivity index (χ3n) is 3.61. The summed E-state index contributed by atoms with van der Waals surface area (Å²) in [4.78, 5) is 12.8. The predicted molar refractivity (Wildman–Crippen MR) is 86.1 cm³/mol. The summed E-state index contributed by atoms with van der Waals surface area (Å²) in [6, 6.07) is 1.99. The Kier molecular flexibility index (Phi) is 3.44. The third-order valence-corrected chi connectivity index (χ3v) is 3.61. The van der Waals surface area contributed by atoms with Crippen molar-refractivity contribution in [2.75, 3.05) is 5.73 Å². The average Bonchev–Trinajstić information content (AvgIpc) is 2.84. The number of nitrogens with zero attached hydrogens (tertiary/aromatic N) is 4. The molecule has 22 heavy (non-hydrogen) atoms. The highest BCUT2D eigenvalue weighted by molar-refractivity contribution is 5.85. The van der Waals surface area contributed by atoms with Gasteiger partial charge >= 0.3 is 0 Å². The smallest absolute Gasteiger partial charge is 0.187 e. The van der Waals surface area contributed by atoms with Gasteiger partial charge in [0, 0.05) is 25.0 Å². The van der Waals surface area contributed by atoms with Crippen LogP contribution >= 0.6 is 0 Å². The molecule has 0 amide bonds. The lowest BCUT2D eigenvalue weighted by Crippen LogP contribution is -2.02. The van der Waals surface area contributed by atoms with Crippen molar-refractivity contribution >= 4 is 16.9 Å². The molecule has 3 aromatic heterocycles. The van der Waals surface area contributed by atoms with Crippen LogP contribution in [0.25, 0.3) is 11.0 Å². The minimum Gasteiger partial charge on any atom is -0.451 e. The number of hydrogen-bond donors (Lipinski definition) is 1. The molecule has 0 bridgehead atoms. The maximum Gasteiger partial charge on any atom is 0.187 e. The van der Waals surface area contributed by atoms with E-state index in [0.29, 0.717) is 17.4 Å². The van der Waals surface area contributed by atoms with Crippen LogP contribution < -0.4 is 10.5 Å². The number of pyridine rings is 1. The van der Waals surface area contributed by atoms with Gasteiger partial charge in [0.1, 0.15) is 17.2 Å². The molecule has 0 aromatic carbocycles. The molecule has 0 spiro atoms. The largest absolute Gasteiger partial charge is 0.451 e. The van der Waals surface area contributed by atoms with Crippen molar-refractivity contribution in [3.05, 3.63) is 36.0 Å². The number of nitrogens with two attached hydrogens (primary N) is 1. The Balaban J connectivity index is 2.17. The first-order valence-electron chi connectivity index (χ1n) is 7.18. The lowest BCUT2D eigenvalue weighted by atomic mass is 10.0. The highest BCUT2D eigenvalue weighted by atomic mass is 16.5. The number of hydrogen-bond acceptors (Lipinski definition) is 5. The first kappa shape index (κ1) is 14.3. The molecule has 0 saturated carbocycles. The molecule has 3 aromatic rings. The first-order chi connectivity index (χ1) is 10.5. The average molecular weight is 297 g/mol. The second-order valence-corrected chi connectivity index (χ2v) is 5.63. The number of rotatable bonds is 3. The Hall–Kier alpha value is -2.63. The molecular formula is C16H19N5O. The van der Waals surface area contributed by atoms with E-state index in [1.165, 1.54) is 0 Å². The van der Waals surface area contributed by atoms with Crippen LogP contribution in [0.15, 0.2) is 24.7 Å². The zero-order valence-corrected chi connectivity index (χ0v) is 13.2. The molecule has 114 valence electrons. The predicted octanol–water partition coefficient (Wildman–Crippen LogP) is 3.17. The van der Waals surface area contributed by atoms with Gasteiger partial charge in [0.05, 0.1) is 11.6 Å². The van der Waals surface area contributed by atoms with Gasteiger partial charge in [0.15, 0.2) is 11.6 Å². The maximum absolute atomic E-state index is 6.08. The molecule has 3 rings (SSSR count). The highest BCUT2D eigenvalue weighted by Crippen LogP contribution is 2.37. The van der Waals surface area contributed by atoms with Crippen LogP contribution in [-0.4, -0.2) is 19.5 Å². The van der Waals surface area contributed by atoms with Gasteiger partial charge in [0.2, 0.25) is 0 Å². The van der Waals surface area contributed by atoms with E-state index in [0.717, 1.165) is 22.3 Å². The second-order valence-electron chi connectivity index (χ2n) is 5.63. The van der Waals surface area contributed by atoms with Gasteiger partial charge < -0.3 is 15.0 Å². The van der Waals surface area contributed by atoms with E-state index < -0.39 is 0 Å². The molecule has 0 atom stereocenters. The topological polar surface area (TPSA) is 78.9 Å². The number of fused-ring (bicyclic) bond motifs is 1. The number of aryl methyl sites for hydroxylation is 2. The van der Waals surface area contributed by atoms with E-state index >= 15 is 0 Å². The van der Waals surface area contributed by atoms with Crippen molar-refractivity contribution < 1.29 is 4.74 Å². The highest BCUT2D eigenvalue weighted by Gasteiger charge is 2.17. The zero-order chi connectivity index (χ0) is 15.9. The summed E-state index contributed by atoms with van der Waals surface area (Å²) in [7, 11) is 1.96. The van der Waals surface area contributed by atoms with Crippen molar-refractivity contribution in [2.24, 2.45) is 7.05 Å². The van der Waals surface area contributed by atoms with E-state index in [-0.39, 0.29) is 5.92 Å². The van der Waals surface area contributed by atoms with E-state index in [1.807, 2.05) is 30.1 Å². The Morgan fingerprint density at radius 3 is 2.68 bits per heavy atom. The van der Waals surface area contributed by atoms with E-state index in [1.54, 1.807) is 13.1 Å². The Bertz CT molecular complexity index is 838. The van der Waals surface area contributed by atoms with Crippen LogP contribution in [-0.2, 0) is 7.05 Å². The standard InChI is InChI=1S/C16H19N5O/c1-9(2)12-7-19-16-11(5-6-21(16)4)14(12)22-13-8-18-10(3)20-15(13)17/h5-9H,1-4H3,(H2,17,18,20). The molecule has 0 aliphatic heterocycles. The van der Waals surface area contributed by atoms with E-state index in [2.05, 4.69) is 28.8 Å². The van der Waals surface area contributed by atoms with Crippen LogP contribution in [0.1, 0.15) is 31.2 Å². The van der Waals surface area contributed by atoms with Crippen molar-refractivity contribution in [1.29, 1.82) is 0 Å². The van der Waals surface area contributed by atoms with E-state index in [9.17, 15) is 0 Å². The van der Waals surface area contributed by atoms with Crippen molar-refractivity contribution in [2.45, 2.75) is 26.7 Å². The van der Waals surface area contributed by atoms with Crippen LogP contribution in [0.3, 0.4) is 0 Å². The summed E-state index contributed by atoms with van der Waals surface area (Å²) >= 11 is 0. The van der Waals surface area contributed by atoms with Crippen molar-refractivity contribution in [3.8, 4) is 11.5 Å². The Labute approximate surface area is 129 Å². The number of nitrogen functional groups attached to an aromatic ring is 1. The summed E-state index contributed by atoms with van der Waals surface area (Å²) in [6.07, 6.45) is 5.42. The van der Waals surface area contributed by atoms with Crippen LogP contribution in [0, 0.1) is 6.92 Å². The zero-order valence-electron chi connectivity index (χ0n) is 13.2. The van der Waals surface area contributed by atoms with Gasteiger partial charge in [-0.05, 0) is 18.9 Å². The fourth-order valence-electron chi connectivity index (χ4n) is 2.39.